The average Bonchev–Trinajstić information content (AvgIpc) is 2.68. The summed E-state index contributed by atoms with van der Waals surface area (Å²) in [4.78, 5) is 18.9. The van der Waals surface area contributed by atoms with Crippen molar-refractivity contribution in [1.29, 1.82) is 0 Å². The molecule has 1 fully saturated rings. The highest BCUT2D eigenvalue weighted by Crippen LogP contribution is 2.22. The molecule has 1 saturated heterocycles. The summed E-state index contributed by atoms with van der Waals surface area (Å²) < 4.78 is 0. The van der Waals surface area contributed by atoms with Gasteiger partial charge in [0.2, 0.25) is 0 Å². The number of nitrogens with one attached hydrogen (secondary N) is 1. The standard InChI is InChI=1S/C21H27N3O/c1-2-12-22-19-8-9-20(23-16-19)21(25)24-13-10-18(11-14-24)15-17-6-4-3-5-7-17/h3-9,16,18,22H,2,10-15H2,1H3. The lowest BCUT2D eigenvalue weighted by Crippen LogP contribution is -2.39. The van der Waals surface area contributed by atoms with Crippen LogP contribution in [0.4, 0.5) is 5.69 Å². The summed E-state index contributed by atoms with van der Waals surface area (Å²) in [5, 5.41) is 3.28. The molecule has 0 atom stereocenters. The zero-order valence-corrected chi connectivity index (χ0v) is 14.9. The van der Waals surface area contributed by atoms with Crippen LogP contribution < -0.4 is 5.32 Å². The van der Waals surface area contributed by atoms with Gasteiger partial charge in [-0.15, -0.1) is 0 Å². The second-order valence-corrected chi connectivity index (χ2v) is 6.78. The summed E-state index contributed by atoms with van der Waals surface area (Å²) in [7, 11) is 0. The number of carbonyl (C=O) groups excluding carboxylic acids is 1. The van der Waals surface area contributed by atoms with Crippen molar-refractivity contribution in [3.05, 3.63) is 59.9 Å². The Morgan fingerprint density at radius 1 is 1.16 bits per heavy atom. The predicted molar refractivity (Wildman–Crippen MR) is 102 cm³/mol. The molecule has 0 aliphatic carbocycles. The molecular weight excluding hydrogens is 310 g/mol. The second kappa shape index (κ2) is 8.65. The summed E-state index contributed by atoms with van der Waals surface area (Å²) in [6, 6.07) is 14.4. The Balaban J connectivity index is 1.51. The van der Waals surface area contributed by atoms with Crippen LogP contribution in [0.15, 0.2) is 48.7 Å². The van der Waals surface area contributed by atoms with Crippen LogP contribution in [0.1, 0.15) is 42.2 Å². The van der Waals surface area contributed by atoms with Gasteiger partial charge >= 0.3 is 0 Å². The van der Waals surface area contributed by atoms with E-state index in [1.54, 1.807) is 6.20 Å². The second-order valence-electron chi connectivity index (χ2n) is 6.78. The highest BCUT2D eigenvalue weighted by atomic mass is 16.2. The number of benzene rings is 1. The fourth-order valence-corrected chi connectivity index (χ4v) is 3.34. The molecule has 25 heavy (non-hydrogen) atoms. The van der Waals surface area contributed by atoms with Crippen LogP contribution in [-0.4, -0.2) is 35.4 Å². The van der Waals surface area contributed by atoms with E-state index in [4.69, 9.17) is 0 Å². The number of piperidine rings is 1. The van der Waals surface area contributed by atoms with Crippen molar-refractivity contribution < 1.29 is 4.79 Å². The lowest BCUT2D eigenvalue weighted by atomic mass is 9.90. The number of nitrogens with zero attached hydrogens (tertiary/aromatic N) is 2. The van der Waals surface area contributed by atoms with Crippen molar-refractivity contribution in [3.63, 3.8) is 0 Å². The number of amides is 1. The first kappa shape index (κ1) is 17.5. The van der Waals surface area contributed by atoms with Crippen LogP contribution in [0.5, 0.6) is 0 Å². The first-order valence-electron chi connectivity index (χ1n) is 9.29. The minimum Gasteiger partial charge on any atom is -0.384 e. The van der Waals surface area contributed by atoms with Crippen LogP contribution in [0, 0.1) is 5.92 Å². The van der Waals surface area contributed by atoms with Crippen LogP contribution >= 0.6 is 0 Å². The molecule has 0 unspecified atom stereocenters. The first-order valence-corrected chi connectivity index (χ1v) is 9.29. The monoisotopic (exact) mass is 337 g/mol. The van der Waals surface area contributed by atoms with E-state index < -0.39 is 0 Å². The van der Waals surface area contributed by atoms with Crippen molar-refractivity contribution in [1.82, 2.24) is 9.88 Å². The maximum Gasteiger partial charge on any atom is 0.272 e. The van der Waals surface area contributed by atoms with E-state index in [2.05, 4.69) is 47.6 Å². The molecule has 2 heterocycles. The Bertz CT molecular complexity index is 661. The average molecular weight is 337 g/mol. The Labute approximate surface area is 150 Å². The quantitative estimate of drug-likeness (QED) is 0.866. The molecule has 0 radical (unpaired) electrons. The fraction of sp³-hybridized carbons (Fsp3) is 0.429. The fourth-order valence-electron chi connectivity index (χ4n) is 3.34. The third-order valence-corrected chi connectivity index (χ3v) is 4.83. The van der Waals surface area contributed by atoms with Gasteiger partial charge in [0.05, 0.1) is 11.9 Å². The van der Waals surface area contributed by atoms with Crippen LogP contribution in [0.2, 0.25) is 0 Å². The summed E-state index contributed by atoms with van der Waals surface area (Å²) >= 11 is 0. The summed E-state index contributed by atoms with van der Waals surface area (Å²) in [6.45, 7) is 4.70. The smallest absolute Gasteiger partial charge is 0.272 e. The third-order valence-electron chi connectivity index (χ3n) is 4.83. The number of carbonyl (C=O) groups is 1. The number of likely N-dealkylation sites (tertiary alicyclic amines) is 1. The molecule has 1 aliphatic heterocycles. The molecule has 1 amide bonds. The molecule has 1 aliphatic rings. The first-order chi connectivity index (χ1) is 12.3. The zero-order valence-electron chi connectivity index (χ0n) is 14.9. The van der Waals surface area contributed by atoms with Gasteiger partial charge in [0.1, 0.15) is 5.69 Å². The topological polar surface area (TPSA) is 45.2 Å². The third kappa shape index (κ3) is 4.81. The number of hydrogen-bond acceptors (Lipinski definition) is 3. The van der Waals surface area contributed by atoms with Crippen molar-refractivity contribution in [2.45, 2.75) is 32.6 Å². The van der Waals surface area contributed by atoms with Crippen LogP contribution in [0.3, 0.4) is 0 Å². The number of pyridine rings is 1. The Morgan fingerprint density at radius 2 is 1.92 bits per heavy atom. The van der Waals surface area contributed by atoms with Gasteiger partial charge in [-0.3, -0.25) is 4.79 Å². The van der Waals surface area contributed by atoms with Crippen LogP contribution in [0.25, 0.3) is 0 Å². The molecule has 1 aromatic carbocycles. The van der Waals surface area contributed by atoms with Crippen molar-refractivity contribution in [2.75, 3.05) is 25.0 Å². The number of hydrogen-bond donors (Lipinski definition) is 1. The Kier molecular flexibility index (Phi) is 6.04. The van der Waals surface area contributed by atoms with E-state index in [0.717, 1.165) is 51.0 Å². The highest BCUT2D eigenvalue weighted by Gasteiger charge is 2.24. The lowest BCUT2D eigenvalue weighted by Gasteiger charge is -2.32. The number of rotatable bonds is 6. The predicted octanol–water partition coefficient (Wildman–Crippen LogP) is 4.00. The molecule has 2 aromatic rings. The molecule has 1 N–H and O–H groups in total. The number of anilines is 1. The van der Waals surface area contributed by atoms with Gasteiger partial charge in [-0.1, -0.05) is 37.3 Å². The van der Waals surface area contributed by atoms with Gasteiger partial charge in [-0.2, -0.15) is 0 Å². The molecule has 4 heteroatoms. The normalized spacial score (nSPS) is 15.2. The SMILES string of the molecule is CCCNc1ccc(C(=O)N2CCC(Cc3ccccc3)CC2)nc1. The molecule has 4 nitrogen and oxygen atoms in total. The van der Waals surface area contributed by atoms with Gasteiger partial charge in [-0.05, 0) is 49.3 Å². The van der Waals surface area contributed by atoms with Crippen molar-refractivity contribution >= 4 is 11.6 Å². The highest BCUT2D eigenvalue weighted by molar-refractivity contribution is 5.92. The van der Waals surface area contributed by atoms with Gasteiger partial charge < -0.3 is 10.2 Å². The summed E-state index contributed by atoms with van der Waals surface area (Å²) in [6.07, 6.45) is 6.07. The minimum absolute atomic E-state index is 0.0557. The van der Waals surface area contributed by atoms with Gasteiger partial charge in [-0.25, -0.2) is 4.98 Å². The molecule has 1 aromatic heterocycles. The molecule has 3 rings (SSSR count). The van der Waals surface area contributed by atoms with E-state index in [1.165, 1.54) is 5.56 Å². The summed E-state index contributed by atoms with van der Waals surface area (Å²) in [5.41, 5.74) is 2.91. The molecule has 132 valence electrons. The molecular formula is C21H27N3O. The molecule has 0 spiro atoms. The molecule has 0 bridgehead atoms. The number of aromatic nitrogens is 1. The maximum atomic E-state index is 12.6. The van der Waals surface area contributed by atoms with Gasteiger partial charge in [0.15, 0.2) is 0 Å². The van der Waals surface area contributed by atoms with Crippen LogP contribution in [-0.2, 0) is 6.42 Å². The Hall–Kier alpha value is -2.36. The van der Waals surface area contributed by atoms with E-state index in [1.807, 2.05) is 17.0 Å². The lowest BCUT2D eigenvalue weighted by molar-refractivity contribution is 0.0684. The maximum absolute atomic E-state index is 12.6. The van der Waals surface area contributed by atoms with E-state index in [0.29, 0.717) is 11.6 Å². The van der Waals surface area contributed by atoms with E-state index in [-0.39, 0.29) is 5.91 Å². The van der Waals surface area contributed by atoms with Gasteiger partial charge in [0.25, 0.3) is 5.91 Å². The largest absolute Gasteiger partial charge is 0.384 e. The van der Waals surface area contributed by atoms with Crippen molar-refractivity contribution in [2.24, 2.45) is 5.92 Å². The summed E-state index contributed by atoms with van der Waals surface area (Å²) in [5.74, 6) is 0.722. The van der Waals surface area contributed by atoms with E-state index in [9.17, 15) is 4.79 Å². The molecule has 0 saturated carbocycles. The zero-order chi connectivity index (χ0) is 17.5. The Morgan fingerprint density at radius 3 is 2.56 bits per heavy atom. The van der Waals surface area contributed by atoms with Crippen molar-refractivity contribution in [3.8, 4) is 0 Å². The van der Waals surface area contributed by atoms with E-state index >= 15 is 0 Å². The minimum atomic E-state index is 0.0557. The van der Waals surface area contributed by atoms with Gasteiger partial charge in [0, 0.05) is 19.6 Å².